The van der Waals surface area contributed by atoms with E-state index in [2.05, 4.69) is 29.9 Å². The average molecular weight is 450 g/mol. The van der Waals surface area contributed by atoms with Crippen molar-refractivity contribution in [1.29, 1.82) is 0 Å². The van der Waals surface area contributed by atoms with Gasteiger partial charge in [0.2, 0.25) is 0 Å². The van der Waals surface area contributed by atoms with Crippen LogP contribution in [-0.2, 0) is 16.0 Å². The number of carbonyl (C=O) groups is 2. The third-order valence-corrected chi connectivity index (χ3v) is 5.34. The van der Waals surface area contributed by atoms with E-state index in [1.165, 1.54) is 18.9 Å². The van der Waals surface area contributed by atoms with Crippen LogP contribution >= 0.6 is 0 Å². The summed E-state index contributed by atoms with van der Waals surface area (Å²) in [5.74, 6) is -1.30. The van der Waals surface area contributed by atoms with E-state index in [9.17, 15) is 9.59 Å². The SMILES string of the molecule is CCCN(CCC)Cc1cccc(-c2nn(-c3ccccc3)c(C(=O)OC)c2C(=O)OC)c1. The number of hydrogen-bond acceptors (Lipinski definition) is 6. The minimum atomic E-state index is -0.661. The molecule has 3 aromatic rings. The number of aromatic nitrogens is 2. The highest BCUT2D eigenvalue weighted by molar-refractivity contribution is 6.06. The fourth-order valence-corrected chi connectivity index (χ4v) is 3.93. The topological polar surface area (TPSA) is 73.7 Å². The van der Waals surface area contributed by atoms with E-state index < -0.39 is 11.9 Å². The van der Waals surface area contributed by atoms with Gasteiger partial charge in [0, 0.05) is 12.1 Å². The van der Waals surface area contributed by atoms with E-state index in [0.717, 1.165) is 43.6 Å². The molecule has 0 bridgehead atoms. The summed E-state index contributed by atoms with van der Waals surface area (Å²) >= 11 is 0. The van der Waals surface area contributed by atoms with Crippen molar-refractivity contribution < 1.29 is 19.1 Å². The number of carbonyl (C=O) groups excluding carboxylic acids is 2. The van der Waals surface area contributed by atoms with Crippen LogP contribution in [0.1, 0.15) is 53.1 Å². The zero-order valence-electron chi connectivity index (χ0n) is 19.7. The van der Waals surface area contributed by atoms with Gasteiger partial charge in [-0.1, -0.05) is 50.2 Å². The molecule has 0 atom stereocenters. The average Bonchev–Trinajstić information content (AvgIpc) is 3.25. The molecule has 3 rings (SSSR count). The van der Waals surface area contributed by atoms with Gasteiger partial charge in [-0.3, -0.25) is 4.90 Å². The molecule has 7 nitrogen and oxygen atoms in total. The summed E-state index contributed by atoms with van der Waals surface area (Å²) in [5, 5.41) is 4.68. The molecule has 0 radical (unpaired) electrons. The van der Waals surface area contributed by atoms with Gasteiger partial charge in [0.15, 0.2) is 5.69 Å². The first-order valence-corrected chi connectivity index (χ1v) is 11.2. The Kier molecular flexibility index (Phi) is 8.38. The maximum Gasteiger partial charge on any atom is 0.357 e. The lowest BCUT2D eigenvalue weighted by Gasteiger charge is -2.21. The number of benzene rings is 2. The van der Waals surface area contributed by atoms with Gasteiger partial charge in [-0.05, 0) is 49.7 Å². The molecule has 0 aliphatic rings. The lowest BCUT2D eigenvalue weighted by atomic mass is 10.0. The van der Waals surface area contributed by atoms with Crippen molar-refractivity contribution in [3.63, 3.8) is 0 Å². The van der Waals surface area contributed by atoms with Crippen molar-refractivity contribution in [2.24, 2.45) is 0 Å². The van der Waals surface area contributed by atoms with E-state index in [1.54, 1.807) is 0 Å². The van der Waals surface area contributed by atoms with Gasteiger partial charge in [-0.15, -0.1) is 0 Å². The fraction of sp³-hybridized carbons (Fsp3) is 0.346. The molecule has 0 aliphatic heterocycles. The van der Waals surface area contributed by atoms with Crippen molar-refractivity contribution in [3.05, 3.63) is 71.4 Å². The van der Waals surface area contributed by atoms with Gasteiger partial charge in [-0.25, -0.2) is 14.3 Å². The summed E-state index contributed by atoms with van der Waals surface area (Å²) in [7, 11) is 2.57. The third kappa shape index (κ3) is 5.49. The first-order valence-electron chi connectivity index (χ1n) is 11.2. The number of esters is 2. The quantitative estimate of drug-likeness (QED) is 0.417. The smallest absolute Gasteiger partial charge is 0.357 e. The number of ether oxygens (including phenoxy) is 2. The molecule has 0 unspecified atom stereocenters. The number of hydrogen-bond donors (Lipinski definition) is 0. The van der Waals surface area contributed by atoms with Crippen LogP contribution in [-0.4, -0.2) is 53.9 Å². The lowest BCUT2D eigenvalue weighted by molar-refractivity contribution is 0.0549. The van der Waals surface area contributed by atoms with Crippen molar-refractivity contribution in [1.82, 2.24) is 14.7 Å². The molecule has 0 aliphatic carbocycles. The predicted molar refractivity (Wildman–Crippen MR) is 128 cm³/mol. The Morgan fingerprint density at radius 3 is 2.18 bits per heavy atom. The summed E-state index contributed by atoms with van der Waals surface area (Å²) in [6.45, 7) is 7.17. The van der Waals surface area contributed by atoms with Crippen LogP contribution in [0.25, 0.3) is 16.9 Å². The molecule has 33 heavy (non-hydrogen) atoms. The Bertz CT molecular complexity index is 1090. The maximum atomic E-state index is 12.8. The molecule has 0 saturated heterocycles. The molecule has 0 amide bonds. The number of rotatable bonds is 10. The van der Waals surface area contributed by atoms with Gasteiger partial charge < -0.3 is 9.47 Å². The zero-order valence-corrected chi connectivity index (χ0v) is 19.7. The Labute approximate surface area is 194 Å². The highest BCUT2D eigenvalue weighted by Gasteiger charge is 2.31. The molecule has 2 aromatic carbocycles. The van der Waals surface area contributed by atoms with E-state index in [0.29, 0.717) is 11.4 Å². The Hall–Kier alpha value is -3.45. The summed E-state index contributed by atoms with van der Waals surface area (Å²) < 4.78 is 11.5. The fourth-order valence-electron chi connectivity index (χ4n) is 3.93. The molecule has 174 valence electrons. The van der Waals surface area contributed by atoms with Crippen molar-refractivity contribution in [2.45, 2.75) is 33.2 Å². The lowest BCUT2D eigenvalue weighted by Crippen LogP contribution is -2.24. The number of para-hydroxylation sites is 1. The maximum absolute atomic E-state index is 12.8. The molecule has 7 heteroatoms. The highest BCUT2D eigenvalue weighted by atomic mass is 16.5. The second-order valence-electron chi connectivity index (χ2n) is 7.78. The van der Waals surface area contributed by atoms with Crippen LogP contribution in [0.4, 0.5) is 0 Å². The molecule has 0 N–H and O–H groups in total. The normalized spacial score (nSPS) is 10.9. The van der Waals surface area contributed by atoms with Crippen molar-refractivity contribution in [3.8, 4) is 16.9 Å². The second kappa shape index (κ2) is 11.4. The van der Waals surface area contributed by atoms with E-state index in [-0.39, 0.29) is 11.3 Å². The van der Waals surface area contributed by atoms with Crippen LogP contribution in [0.5, 0.6) is 0 Å². The number of methoxy groups -OCH3 is 2. The first kappa shape index (κ1) is 24.2. The van der Waals surface area contributed by atoms with Gasteiger partial charge in [0.05, 0.1) is 19.9 Å². The molecule has 0 spiro atoms. The first-order chi connectivity index (χ1) is 16.0. The highest BCUT2D eigenvalue weighted by Crippen LogP contribution is 2.30. The van der Waals surface area contributed by atoms with Gasteiger partial charge in [0.1, 0.15) is 11.3 Å². The number of nitrogens with zero attached hydrogens (tertiary/aromatic N) is 3. The standard InChI is InChI=1S/C26H31N3O4/c1-5-15-28(16-6-2)18-19-11-10-12-20(17-19)23-22(25(30)32-3)24(26(31)33-4)29(27-23)21-13-8-7-9-14-21/h7-14,17H,5-6,15-16,18H2,1-4H3. The van der Waals surface area contributed by atoms with E-state index in [1.807, 2.05) is 48.5 Å². The minimum absolute atomic E-state index is 0.0366. The molecule has 1 heterocycles. The van der Waals surface area contributed by atoms with Crippen LogP contribution in [0, 0.1) is 0 Å². The minimum Gasteiger partial charge on any atom is -0.465 e. The summed E-state index contributed by atoms with van der Waals surface area (Å²) in [4.78, 5) is 28.0. The second-order valence-corrected chi connectivity index (χ2v) is 7.78. The van der Waals surface area contributed by atoms with Crippen LogP contribution < -0.4 is 0 Å². The molecule has 0 fully saturated rings. The molecular formula is C26H31N3O4. The summed E-state index contributed by atoms with van der Waals surface area (Å²) in [6.07, 6.45) is 2.16. The van der Waals surface area contributed by atoms with Crippen LogP contribution in [0.3, 0.4) is 0 Å². The Balaban J connectivity index is 2.15. The van der Waals surface area contributed by atoms with Crippen LogP contribution in [0.2, 0.25) is 0 Å². The zero-order chi connectivity index (χ0) is 23.8. The molecule has 0 saturated carbocycles. The largest absolute Gasteiger partial charge is 0.465 e. The van der Waals surface area contributed by atoms with Crippen molar-refractivity contribution in [2.75, 3.05) is 27.3 Å². The summed E-state index contributed by atoms with van der Waals surface area (Å²) in [5.41, 5.74) is 2.99. The van der Waals surface area contributed by atoms with Gasteiger partial charge in [0.25, 0.3) is 0 Å². The van der Waals surface area contributed by atoms with Gasteiger partial charge >= 0.3 is 11.9 Å². The predicted octanol–water partition coefficient (Wildman–Crippen LogP) is 4.73. The third-order valence-electron chi connectivity index (χ3n) is 5.34. The Morgan fingerprint density at radius 2 is 1.58 bits per heavy atom. The van der Waals surface area contributed by atoms with E-state index in [4.69, 9.17) is 9.47 Å². The molecule has 1 aromatic heterocycles. The van der Waals surface area contributed by atoms with E-state index >= 15 is 0 Å². The van der Waals surface area contributed by atoms with Crippen LogP contribution in [0.15, 0.2) is 54.6 Å². The molecular weight excluding hydrogens is 418 g/mol. The van der Waals surface area contributed by atoms with Crippen molar-refractivity contribution >= 4 is 11.9 Å². The van der Waals surface area contributed by atoms with Gasteiger partial charge in [-0.2, -0.15) is 5.10 Å². The monoisotopic (exact) mass is 449 g/mol. The Morgan fingerprint density at radius 1 is 0.909 bits per heavy atom. The summed E-state index contributed by atoms with van der Waals surface area (Å²) in [6, 6.07) is 17.1.